The number of nitrogens with one attached hydrogen (secondary N) is 2. The lowest BCUT2D eigenvalue weighted by Gasteiger charge is -2.13. The number of nitrogens with zero attached hydrogens (tertiary/aromatic N) is 2. The van der Waals surface area contributed by atoms with Crippen LogP contribution in [-0.4, -0.2) is 28.0 Å². The van der Waals surface area contributed by atoms with Gasteiger partial charge in [0.05, 0.1) is 11.3 Å². The Morgan fingerprint density at radius 3 is 2.75 bits per heavy atom. The van der Waals surface area contributed by atoms with Gasteiger partial charge >= 0.3 is 11.8 Å². The van der Waals surface area contributed by atoms with Crippen LogP contribution in [0.25, 0.3) is 0 Å². The number of aliphatic hydroxyl groups excluding tert-OH is 1. The second kappa shape index (κ2) is 7.64. The predicted molar refractivity (Wildman–Crippen MR) is 88.2 cm³/mol. The van der Waals surface area contributed by atoms with E-state index in [-0.39, 0.29) is 17.8 Å². The Balaban J connectivity index is 1.96. The van der Waals surface area contributed by atoms with Gasteiger partial charge in [-0.1, -0.05) is 11.6 Å². The smallest absolute Gasteiger partial charge is 0.313 e. The summed E-state index contributed by atoms with van der Waals surface area (Å²) < 4.78 is 1.71. The highest BCUT2D eigenvalue weighted by Crippen LogP contribution is 2.20. The van der Waals surface area contributed by atoms with Crippen LogP contribution in [0, 0.1) is 11.3 Å². The number of aromatic nitrogens is 1. The zero-order chi connectivity index (χ0) is 17.7. The highest BCUT2D eigenvalue weighted by Gasteiger charge is 2.18. The summed E-state index contributed by atoms with van der Waals surface area (Å²) in [6, 6.07) is 9.69. The first-order chi connectivity index (χ1) is 11.4. The summed E-state index contributed by atoms with van der Waals surface area (Å²) in [5.41, 5.74) is 0.940. The van der Waals surface area contributed by atoms with Gasteiger partial charge in [-0.05, 0) is 30.3 Å². The van der Waals surface area contributed by atoms with Gasteiger partial charge < -0.3 is 20.3 Å². The number of carbonyl (C=O) groups excluding carboxylic acids is 2. The van der Waals surface area contributed by atoms with E-state index in [2.05, 4.69) is 10.6 Å². The molecule has 8 heteroatoms. The van der Waals surface area contributed by atoms with E-state index in [0.29, 0.717) is 10.7 Å². The van der Waals surface area contributed by atoms with Crippen molar-refractivity contribution < 1.29 is 14.7 Å². The number of benzene rings is 1. The van der Waals surface area contributed by atoms with Crippen LogP contribution in [-0.2, 0) is 16.6 Å². The Kier molecular flexibility index (Phi) is 5.58. The van der Waals surface area contributed by atoms with Crippen molar-refractivity contribution in [3.05, 3.63) is 52.8 Å². The molecule has 0 radical (unpaired) electrons. The molecule has 2 aromatic rings. The molecule has 24 heavy (non-hydrogen) atoms. The van der Waals surface area contributed by atoms with Gasteiger partial charge in [-0.2, -0.15) is 5.26 Å². The number of anilines is 1. The molecule has 0 aliphatic heterocycles. The first-order valence-electron chi connectivity index (χ1n) is 7.00. The maximum absolute atomic E-state index is 11.9. The van der Waals surface area contributed by atoms with Crippen LogP contribution in [0.3, 0.4) is 0 Å². The van der Waals surface area contributed by atoms with Crippen LogP contribution in [0.1, 0.15) is 17.4 Å². The maximum atomic E-state index is 11.9. The summed E-state index contributed by atoms with van der Waals surface area (Å²) in [5.74, 6) is -1.88. The molecule has 0 bridgehead atoms. The zero-order valence-corrected chi connectivity index (χ0v) is 13.5. The molecule has 3 N–H and O–H groups in total. The molecular weight excluding hydrogens is 332 g/mol. The van der Waals surface area contributed by atoms with Gasteiger partial charge in [0, 0.05) is 30.5 Å². The fraction of sp³-hybridized carbons (Fsp3) is 0.188. The number of aryl methyl sites for hydroxylation is 1. The molecule has 1 aromatic carbocycles. The molecule has 0 spiro atoms. The summed E-state index contributed by atoms with van der Waals surface area (Å²) in [6.07, 6.45) is 0.818. The summed E-state index contributed by atoms with van der Waals surface area (Å²) in [5, 5.41) is 24.0. The number of halogens is 1. The SMILES string of the molecule is Cn1cccc1C(O)CNC(=O)C(=O)Nc1cc(Cl)ccc1C#N. The summed E-state index contributed by atoms with van der Waals surface area (Å²) in [7, 11) is 1.76. The van der Waals surface area contributed by atoms with E-state index in [9.17, 15) is 14.7 Å². The van der Waals surface area contributed by atoms with Crippen molar-refractivity contribution in [2.75, 3.05) is 11.9 Å². The Morgan fingerprint density at radius 2 is 2.12 bits per heavy atom. The Labute approximate surface area is 143 Å². The van der Waals surface area contributed by atoms with Crippen LogP contribution in [0.4, 0.5) is 5.69 Å². The molecule has 0 fully saturated rings. The molecule has 7 nitrogen and oxygen atoms in total. The first kappa shape index (κ1) is 17.5. The normalized spacial score (nSPS) is 11.4. The van der Waals surface area contributed by atoms with Gasteiger partial charge in [-0.3, -0.25) is 9.59 Å². The van der Waals surface area contributed by atoms with Gasteiger partial charge in [0.2, 0.25) is 0 Å². The predicted octanol–water partition coefficient (Wildman–Crippen LogP) is 1.34. The molecule has 124 valence electrons. The molecule has 1 aromatic heterocycles. The van der Waals surface area contributed by atoms with E-state index in [0.717, 1.165) is 0 Å². The monoisotopic (exact) mass is 346 g/mol. The van der Waals surface area contributed by atoms with Gasteiger partial charge in [-0.15, -0.1) is 0 Å². The minimum absolute atomic E-state index is 0.120. The average Bonchev–Trinajstić information content (AvgIpc) is 2.98. The van der Waals surface area contributed by atoms with Gasteiger partial charge in [0.15, 0.2) is 0 Å². The minimum atomic E-state index is -0.951. The third-order valence-corrected chi connectivity index (χ3v) is 3.57. The van der Waals surface area contributed by atoms with Crippen molar-refractivity contribution in [3.63, 3.8) is 0 Å². The number of amides is 2. The molecule has 0 saturated heterocycles. The van der Waals surface area contributed by atoms with Crippen LogP contribution < -0.4 is 10.6 Å². The quantitative estimate of drug-likeness (QED) is 0.726. The Morgan fingerprint density at radius 1 is 1.38 bits per heavy atom. The molecule has 1 heterocycles. The second-order valence-electron chi connectivity index (χ2n) is 5.03. The fourth-order valence-electron chi connectivity index (χ4n) is 2.09. The first-order valence-corrected chi connectivity index (χ1v) is 7.38. The molecule has 0 aliphatic carbocycles. The topological polar surface area (TPSA) is 107 Å². The molecule has 2 rings (SSSR count). The van der Waals surface area contributed by atoms with Crippen molar-refractivity contribution in [2.24, 2.45) is 7.05 Å². The van der Waals surface area contributed by atoms with Crippen LogP contribution in [0.5, 0.6) is 0 Å². The standard InChI is InChI=1S/C16H15ClN4O3/c1-21-6-2-3-13(21)14(22)9-19-15(23)16(24)20-12-7-11(17)5-4-10(12)8-18/h2-7,14,22H,9H2,1H3,(H,19,23)(H,20,24). The second-order valence-corrected chi connectivity index (χ2v) is 5.46. The van der Waals surface area contributed by atoms with E-state index in [4.69, 9.17) is 16.9 Å². The maximum Gasteiger partial charge on any atom is 0.313 e. The van der Waals surface area contributed by atoms with Crippen molar-refractivity contribution >= 4 is 29.1 Å². The van der Waals surface area contributed by atoms with E-state index < -0.39 is 17.9 Å². The van der Waals surface area contributed by atoms with Crippen molar-refractivity contribution in [1.29, 1.82) is 5.26 Å². The van der Waals surface area contributed by atoms with E-state index >= 15 is 0 Å². The number of aliphatic hydroxyl groups is 1. The van der Waals surface area contributed by atoms with Crippen LogP contribution >= 0.6 is 11.6 Å². The summed E-state index contributed by atoms with van der Waals surface area (Å²) >= 11 is 5.81. The third-order valence-electron chi connectivity index (χ3n) is 3.34. The zero-order valence-electron chi connectivity index (χ0n) is 12.8. The lowest BCUT2D eigenvalue weighted by atomic mass is 10.2. The molecule has 0 aliphatic rings. The van der Waals surface area contributed by atoms with Crippen molar-refractivity contribution in [1.82, 2.24) is 9.88 Å². The molecule has 1 atom stereocenters. The van der Waals surface area contributed by atoms with Gasteiger partial charge in [0.25, 0.3) is 0 Å². The average molecular weight is 347 g/mol. The molecule has 2 amide bonds. The van der Waals surface area contributed by atoms with Crippen molar-refractivity contribution in [2.45, 2.75) is 6.10 Å². The number of carbonyl (C=O) groups is 2. The Bertz CT molecular complexity index is 810. The third kappa shape index (κ3) is 4.13. The number of nitriles is 1. The Hall–Kier alpha value is -2.82. The van der Waals surface area contributed by atoms with Gasteiger partial charge in [0.1, 0.15) is 12.2 Å². The molecule has 1 unspecified atom stereocenters. The van der Waals surface area contributed by atoms with Gasteiger partial charge in [-0.25, -0.2) is 0 Å². The summed E-state index contributed by atoms with van der Waals surface area (Å²) in [6.45, 7) is -0.120. The largest absolute Gasteiger partial charge is 0.385 e. The van der Waals surface area contributed by atoms with Crippen molar-refractivity contribution in [3.8, 4) is 6.07 Å². The van der Waals surface area contributed by atoms with E-state index in [1.54, 1.807) is 29.9 Å². The van der Waals surface area contributed by atoms with E-state index in [1.807, 2.05) is 6.07 Å². The highest BCUT2D eigenvalue weighted by atomic mass is 35.5. The molecule has 0 saturated carbocycles. The number of rotatable bonds is 4. The van der Waals surface area contributed by atoms with Crippen LogP contribution in [0.15, 0.2) is 36.5 Å². The molecular formula is C16H15ClN4O3. The van der Waals surface area contributed by atoms with Crippen LogP contribution in [0.2, 0.25) is 5.02 Å². The lowest BCUT2D eigenvalue weighted by Crippen LogP contribution is -2.38. The summed E-state index contributed by atoms with van der Waals surface area (Å²) in [4.78, 5) is 23.7. The highest BCUT2D eigenvalue weighted by molar-refractivity contribution is 6.40. The number of hydrogen-bond acceptors (Lipinski definition) is 4. The fourth-order valence-corrected chi connectivity index (χ4v) is 2.26. The lowest BCUT2D eigenvalue weighted by molar-refractivity contribution is -0.136. The van der Waals surface area contributed by atoms with E-state index in [1.165, 1.54) is 18.2 Å². The number of hydrogen-bond donors (Lipinski definition) is 3. The minimum Gasteiger partial charge on any atom is -0.385 e.